The zero-order valence-electron chi connectivity index (χ0n) is 10.2. The van der Waals surface area contributed by atoms with Crippen LogP contribution in [-0.4, -0.2) is 17.2 Å². The van der Waals surface area contributed by atoms with Gasteiger partial charge in [0, 0.05) is 17.3 Å². The van der Waals surface area contributed by atoms with Crippen LogP contribution in [0.2, 0.25) is 5.15 Å². The van der Waals surface area contributed by atoms with E-state index < -0.39 is 5.82 Å². The molecule has 0 aliphatic carbocycles. The van der Waals surface area contributed by atoms with Crippen molar-refractivity contribution in [2.24, 2.45) is 0 Å². The van der Waals surface area contributed by atoms with Crippen LogP contribution in [0.3, 0.4) is 0 Å². The minimum Gasteiger partial charge on any atom is -0.496 e. The third-order valence-corrected chi connectivity index (χ3v) is 2.76. The van der Waals surface area contributed by atoms with Gasteiger partial charge in [0.25, 0.3) is 0 Å². The Bertz CT molecular complexity index is 593. The lowest BCUT2D eigenvalue weighted by Gasteiger charge is -2.11. The average Bonchev–Trinajstić information content (AvgIpc) is 2.42. The summed E-state index contributed by atoms with van der Waals surface area (Å²) in [6, 6.07) is 6.46. The molecule has 0 amide bonds. The van der Waals surface area contributed by atoms with E-state index in [1.54, 1.807) is 18.2 Å². The molecule has 1 heterocycles. The smallest absolute Gasteiger partial charge is 0.164 e. The first-order valence-electron chi connectivity index (χ1n) is 5.50. The first-order chi connectivity index (χ1) is 9.13. The van der Waals surface area contributed by atoms with Gasteiger partial charge in [0.05, 0.1) is 25.6 Å². The van der Waals surface area contributed by atoms with E-state index in [0.29, 0.717) is 17.0 Å². The summed E-state index contributed by atoms with van der Waals surface area (Å²) in [6.07, 6.45) is 1.04. The predicted octanol–water partition coefficient (Wildman–Crippen LogP) is 3.12. The molecule has 2 rings (SSSR count). The van der Waals surface area contributed by atoms with Crippen molar-refractivity contribution in [3.8, 4) is 5.75 Å². The molecule has 0 aliphatic rings. The molecule has 6 heteroatoms. The summed E-state index contributed by atoms with van der Waals surface area (Å²) in [7, 11) is 1.52. The highest BCUT2D eigenvalue weighted by Gasteiger charge is 2.07. The molecule has 100 valence electrons. The number of benzene rings is 1. The molecule has 2 N–H and O–H groups in total. The summed E-state index contributed by atoms with van der Waals surface area (Å²) in [6.45, 7) is -0.168. The summed E-state index contributed by atoms with van der Waals surface area (Å²) >= 11 is 5.71. The fourth-order valence-electron chi connectivity index (χ4n) is 1.64. The van der Waals surface area contributed by atoms with Crippen LogP contribution < -0.4 is 10.1 Å². The summed E-state index contributed by atoms with van der Waals surface area (Å²) < 4.78 is 18.6. The molecule has 0 aliphatic heterocycles. The molecule has 0 radical (unpaired) electrons. The zero-order valence-corrected chi connectivity index (χ0v) is 10.9. The Hall–Kier alpha value is -1.85. The molecule has 1 aromatic heterocycles. The number of anilines is 2. The van der Waals surface area contributed by atoms with Gasteiger partial charge in [-0.2, -0.15) is 0 Å². The minimum absolute atomic E-state index is 0.168. The molecule has 2 aromatic rings. The second-order valence-electron chi connectivity index (χ2n) is 3.80. The van der Waals surface area contributed by atoms with Crippen LogP contribution in [0.5, 0.6) is 5.75 Å². The Kier molecular flexibility index (Phi) is 4.19. The molecule has 0 saturated heterocycles. The second kappa shape index (κ2) is 5.86. The van der Waals surface area contributed by atoms with E-state index in [4.69, 9.17) is 16.3 Å². The van der Waals surface area contributed by atoms with E-state index >= 15 is 0 Å². The normalized spacial score (nSPS) is 10.3. The fourth-order valence-corrected chi connectivity index (χ4v) is 1.80. The summed E-state index contributed by atoms with van der Waals surface area (Å²) in [5.74, 6) is 0.0621. The molecule has 1 aromatic carbocycles. The number of methoxy groups -OCH3 is 1. The number of aliphatic hydroxyl groups is 1. The van der Waals surface area contributed by atoms with Crippen LogP contribution in [0.1, 0.15) is 5.56 Å². The van der Waals surface area contributed by atoms with Gasteiger partial charge in [0.15, 0.2) is 5.82 Å². The van der Waals surface area contributed by atoms with Gasteiger partial charge in [-0.25, -0.2) is 9.37 Å². The van der Waals surface area contributed by atoms with Gasteiger partial charge in [0.2, 0.25) is 0 Å². The van der Waals surface area contributed by atoms with Crippen molar-refractivity contribution in [2.75, 3.05) is 12.4 Å². The number of pyridine rings is 1. The molecule has 0 atom stereocenters. The summed E-state index contributed by atoms with van der Waals surface area (Å²) in [4.78, 5) is 3.63. The highest BCUT2D eigenvalue weighted by Crippen LogP contribution is 2.26. The number of hydrogen-bond acceptors (Lipinski definition) is 4. The molecule has 0 bridgehead atoms. The van der Waals surface area contributed by atoms with E-state index in [-0.39, 0.29) is 17.4 Å². The van der Waals surface area contributed by atoms with Crippen LogP contribution in [-0.2, 0) is 6.61 Å². The Morgan fingerprint density at radius 2 is 2.21 bits per heavy atom. The van der Waals surface area contributed by atoms with Crippen molar-refractivity contribution in [3.63, 3.8) is 0 Å². The first-order valence-corrected chi connectivity index (χ1v) is 5.87. The van der Waals surface area contributed by atoms with E-state index in [9.17, 15) is 9.50 Å². The Morgan fingerprint density at radius 1 is 1.42 bits per heavy atom. The van der Waals surface area contributed by atoms with Crippen LogP contribution in [0.25, 0.3) is 0 Å². The zero-order chi connectivity index (χ0) is 13.8. The van der Waals surface area contributed by atoms with Gasteiger partial charge in [0.1, 0.15) is 10.9 Å². The molecular formula is C13H12ClFN2O2. The van der Waals surface area contributed by atoms with Crippen LogP contribution in [0.15, 0.2) is 30.5 Å². The molecular weight excluding hydrogens is 271 g/mol. The third kappa shape index (κ3) is 3.13. The standard InChI is InChI=1S/C13H12ClFN2O2/c1-19-12-3-2-9(4-8(12)7-18)17-11-5-13(14)16-6-10(11)15/h2-6,18H,7H2,1H3,(H,16,17). The van der Waals surface area contributed by atoms with Crippen LogP contribution >= 0.6 is 11.6 Å². The van der Waals surface area contributed by atoms with E-state index in [1.165, 1.54) is 13.2 Å². The lowest BCUT2D eigenvalue weighted by molar-refractivity contribution is 0.274. The number of nitrogens with zero attached hydrogens (tertiary/aromatic N) is 1. The van der Waals surface area contributed by atoms with Crippen LogP contribution in [0.4, 0.5) is 15.8 Å². The number of aromatic nitrogens is 1. The Morgan fingerprint density at radius 3 is 2.89 bits per heavy atom. The van der Waals surface area contributed by atoms with Gasteiger partial charge >= 0.3 is 0 Å². The van der Waals surface area contributed by atoms with Crippen LogP contribution in [0, 0.1) is 5.82 Å². The molecule has 0 unspecified atom stereocenters. The predicted molar refractivity (Wildman–Crippen MR) is 71.4 cm³/mol. The number of ether oxygens (including phenoxy) is 1. The van der Waals surface area contributed by atoms with Gasteiger partial charge in [-0.3, -0.25) is 0 Å². The van der Waals surface area contributed by atoms with Gasteiger partial charge < -0.3 is 15.2 Å². The molecule has 0 fully saturated rings. The average molecular weight is 283 g/mol. The topological polar surface area (TPSA) is 54.4 Å². The maximum absolute atomic E-state index is 13.5. The highest BCUT2D eigenvalue weighted by molar-refractivity contribution is 6.29. The van der Waals surface area contributed by atoms with Crippen molar-refractivity contribution in [2.45, 2.75) is 6.61 Å². The largest absolute Gasteiger partial charge is 0.496 e. The number of nitrogens with one attached hydrogen (secondary N) is 1. The lowest BCUT2D eigenvalue weighted by Crippen LogP contribution is -1.98. The van der Waals surface area contributed by atoms with Crippen molar-refractivity contribution in [1.29, 1.82) is 0 Å². The molecule has 4 nitrogen and oxygen atoms in total. The maximum Gasteiger partial charge on any atom is 0.164 e. The first kappa shape index (κ1) is 13.6. The van der Waals surface area contributed by atoms with Crippen molar-refractivity contribution in [1.82, 2.24) is 4.98 Å². The lowest BCUT2D eigenvalue weighted by atomic mass is 10.2. The van der Waals surface area contributed by atoms with Crippen molar-refractivity contribution < 1.29 is 14.2 Å². The Labute approximate surface area is 114 Å². The number of hydrogen-bond donors (Lipinski definition) is 2. The van der Waals surface area contributed by atoms with Gasteiger partial charge in [-0.15, -0.1) is 0 Å². The quantitative estimate of drug-likeness (QED) is 0.846. The Balaban J connectivity index is 2.30. The maximum atomic E-state index is 13.5. The van der Waals surface area contributed by atoms with Crippen molar-refractivity contribution in [3.05, 3.63) is 47.0 Å². The third-order valence-electron chi connectivity index (χ3n) is 2.55. The summed E-state index contributed by atoms with van der Waals surface area (Å²) in [5, 5.41) is 12.3. The van der Waals surface area contributed by atoms with Gasteiger partial charge in [-0.1, -0.05) is 11.6 Å². The fraction of sp³-hybridized carbons (Fsp3) is 0.154. The monoisotopic (exact) mass is 282 g/mol. The minimum atomic E-state index is -0.509. The molecule has 0 spiro atoms. The SMILES string of the molecule is COc1ccc(Nc2cc(Cl)ncc2F)cc1CO. The van der Waals surface area contributed by atoms with E-state index in [2.05, 4.69) is 10.3 Å². The van der Waals surface area contributed by atoms with Gasteiger partial charge in [-0.05, 0) is 18.2 Å². The number of rotatable bonds is 4. The number of aliphatic hydroxyl groups excluding tert-OH is 1. The van der Waals surface area contributed by atoms with E-state index in [0.717, 1.165) is 6.20 Å². The second-order valence-corrected chi connectivity index (χ2v) is 4.18. The van der Waals surface area contributed by atoms with Crippen molar-refractivity contribution >= 4 is 23.0 Å². The van der Waals surface area contributed by atoms with E-state index in [1.807, 2.05) is 0 Å². The molecule has 0 saturated carbocycles. The number of halogens is 2. The molecule has 19 heavy (non-hydrogen) atoms. The highest BCUT2D eigenvalue weighted by atomic mass is 35.5. The summed E-state index contributed by atoms with van der Waals surface area (Å²) in [5.41, 5.74) is 1.44.